The van der Waals surface area contributed by atoms with Crippen molar-refractivity contribution < 1.29 is 22.5 Å². The number of hydrogen-bond acceptors (Lipinski definition) is 9. The summed E-state index contributed by atoms with van der Waals surface area (Å²) in [7, 11) is -4.08. The van der Waals surface area contributed by atoms with Crippen LogP contribution < -0.4 is 10.5 Å². The zero-order chi connectivity index (χ0) is 25.2. The average Bonchev–Trinajstić information content (AvgIpc) is 3.33. The number of carbonyl (C=O) groups excluding carboxylic acids is 1. The van der Waals surface area contributed by atoms with Gasteiger partial charge in [-0.3, -0.25) is 8.98 Å². The van der Waals surface area contributed by atoms with Gasteiger partial charge in [0.1, 0.15) is 12.1 Å². The number of anilines is 1. The maximum Gasteiger partial charge on any atom is 0.333 e. The van der Waals surface area contributed by atoms with Crippen LogP contribution in [-0.4, -0.2) is 48.0 Å². The van der Waals surface area contributed by atoms with Crippen LogP contribution in [-0.2, 0) is 20.9 Å². The number of aryl methyl sites for hydroxylation is 1. The Morgan fingerprint density at radius 3 is 2.89 bits per heavy atom. The van der Waals surface area contributed by atoms with E-state index in [-0.39, 0.29) is 18.4 Å². The lowest BCUT2D eigenvalue weighted by Gasteiger charge is -2.15. The van der Waals surface area contributed by atoms with E-state index in [9.17, 15) is 18.3 Å². The SMILES string of the molecule is Cc1sc(C(=O)c2cncnc2N[C@@H]2C[C@H](COS(N)(=O)=O)[C@@H](O)C2)cc1Cc1cccc(Br)c1. The molecule has 3 aromatic rings. The minimum atomic E-state index is -4.08. The lowest BCUT2D eigenvalue weighted by Crippen LogP contribution is -2.24. The summed E-state index contributed by atoms with van der Waals surface area (Å²) in [5.74, 6) is -0.225. The number of aliphatic hydroxyl groups is 1. The third-order valence-electron chi connectivity index (χ3n) is 5.93. The number of thiophene rings is 1. The molecule has 4 rings (SSSR count). The molecule has 1 fully saturated rings. The number of nitrogens with one attached hydrogen (secondary N) is 1. The van der Waals surface area contributed by atoms with Crippen LogP contribution in [0, 0.1) is 12.8 Å². The molecule has 0 spiro atoms. The molecule has 2 heterocycles. The molecule has 0 amide bonds. The van der Waals surface area contributed by atoms with E-state index in [1.807, 2.05) is 31.2 Å². The van der Waals surface area contributed by atoms with E-state index in [1.165, 1.54) is 23.9 Å². The number of hydrogen-bond donors (Lipinski definition) is 3. The number of ketones is 1. The van der Waals surface area contributed by atoms with Gasteiger partial charge in [0.2, 0.25) is 5.78 Å². The monoisotopic (exact) mass is 580 g/mol. The van der Waals surface area contributed by atoms with Gasteiger partial charge >= 0.3 is 10.3 Å². The van der Waals surface area contributed by atoms with Crippen molar-refractivity contribution in [3.63, 3.8) is 0 Å². The van der Waals surface area contributed by atoms with E-state index in [1.54, 1.807) is 0 Å². The highest BCUT2D eigenvalue weighted by molar-refractivity contribution is 9.10. The van der Waals surface area contributed by atoms with Crippen LogP contribution in [0.5, 0.6) is 0 Å². The lowest BCUT2D eigenvalue weighted by molar-refractivity contribution is 0.101. The average molecular weight is 582 g/mol. The van der Waals surface area contributed by atoms with Gasteiger partial charge in [-0.1, -0.05) is 28.1 Å². The number of aromatic nitrogens is 2. The molecule has 2 aromatic heterocycles. The van der Waals surface area contributed by atoms with Crippen molar-refractivity contribution in [2.75, 3.05) is 11.9 Å². The first-order chi connectivity index (χ1) is 16.6. The molecule has 9 nitrogen and oxygen atoms in total. The number of benzene rings is 1. The Labute approximate surface area is 216 Å². The number of nitrogens with two attached hydrogens (primary N) is 1. The summed E-state index contributed by atoms with van der Waals surface area (Å²) in [6.45, 7) is 1.79. The van der Waals surface area contributed by atoms with Gasteiger partial charge in [-0.15, -0.1) is 11.3 Å². The van der Waals surface area contributed by atoms with Gasteiger partial charge in [0.15, 0.2) is 0 Å². The Balaban J connectivity index is 1.48. The zero-order valence-electron chi connectivity index (χ0n) is 18.8. The predicted octanol–water partition coefficient (Wildman–Crippen LogP) is 3.20. The fourth-order valence-corrected chi connectivity index (χ4v) is 6.00. The second-order valence-electron chi connectivity index (χ2n) is 8.53. The summed E-state index contributed by atoms with van der Waals surface area (Å²) >= 11 is 4.93. The minimum absolute atomic E-state index is 0.186. The Bertz CT molecular complexity index is 1330. The fraction of sp³-hybridized carbons (Fsp3) is 0.348. The number of nitrogens with zero attached hydrogens (tertiary/aromatic N) is 2. The molecule has 4 N–H and O–H groups in total. The third-order valence-corrected chi connectivity index (χ3v) is 7.98. The highest BCUT2D eigenvalue weighted by Crippen LogP contribution is 2.31. The quantitative estimate of drug-likeness (QED) is 0.327. The molecular weight excluding hydrogens is 556 g/mol. The van der Waals surface area contributed by atoms with Crippen molar-refractivity contribution in [2.24, 2.45) is 11.1 Å². The van der Waals surface area contributed by atoms with E-state index in [4.69, 9.17) is 5.14 Å². The normalized spacial score (nSPS) is 20.2. The summed E-state index contributed by atoms with van der Waals surface area (Å²) in [6.07, 6.45) is 3.57. The lowest BCUT2D eigenvalue weighted by atomic mass is 10.0. The van der Waals surface area contributed by atoms with Gasteiger partial charge in [-0.05, 0) is 55.5 Å². The summed E-state index contributed by atoms with van der Waals surface area (Å²) in [4.78, 5) is 23.3. The van der Waals surface area contributed by atoms with Crippen molar-refractivity contribution in [3.05, 3.63) is 73.8 Å². The maximum atomic E-state index is 13.4. The van der Waals surface area contributed by atoms with Crippen molar-refractivity contribution in [1.82, 2.24) is 9.97 Å². The van der Waals surface area contributed by atoms with Crippen LogP contribution in [0.15, 0.2) is 47.3 Å². The largest absolute Gasteiger partial charge is 0.393 e. The predicted molar refractivity (Wildman–Crippen MR) is 137 cm³/mol. The van der Waals surface area contributed by atoms with Crippen LogP contribution in [0.2, 0.25) is 0 Å². The number of carbonyl (C=O) groups is 1. The van der Waals surface area contributed by atoms with Gasteiger partial charge in [0.25, 0.3) is 0 Å². The molecule has 1 aliphatic carbocycles. The van der Waals surface area contributed by atoms with Crippen LogP contribution >= 0.6 is 27.3 Å². The molecule has 3 atom stereocenters. The zero-order valence-corrected chi connectivity index (χ0v) is 22.1. The van der Waals surface area contributed by atoms with Crippen LogP contribution in [0.25, 0.3) is 0 Å². The fourth-order valence-electron chi connectivity index (χ4n) is 4.19. The van der Waals surface area contributed by atoms with Gasteiger partial charge in [-0.25, -0.2) is 15.1 Å². The van der Waals surface area contributed by atoms with Crippen LogP contribution in [0.1, 0.15) is 44.1 Å². The first-order valence-electron chi connectivity index (χ1n) is 10.9. The molecule has 1 saturated carbocycles. The molecule has 12 heteroatoms. The van der Waals surface area contributed by atoms with Crippen LogP contribution in [0.3, 0.4) is 0 Å². The van der Waals surface area contributed by atoms with Gasteiger partial charge in [0, 0.05) is 27.5 Å². The van der Waals surface area contributed by atoms with Gasteiger partial charge in [-0.2, -0.15) is 8.42 Å². The molecule has 0 aliphatic heterocycles. The topological polar surface area (TPSA) is 144 Å². The van der Waals surface area contributed by atoms with Crippen molar-refractivity contribution in [3.8, 4) is 0 Å². The molecule has 1 aliphatic rings. The number of rotatable bonds is 9. The molecule has 0 radical (unpaired) electrons. The second kappa shape index (κ2) is 10.8. The summed E-state index contributed by atoms with van der Waals surface area (Å²) in [5.41, 5.74) is 2.56. The summed E-state index contributed by atoms with van der Waals surface area (Å²) in [5, 5.41) is 18.4. The Hall–Kier alpha value is -2.22. The highest BCUT2D eigenvalue weighted by atomic mass is 79.9. The van der Waals surface area contributed by atoms with Gasteiger partial charge in [0.05, 0.1) is 23.2 Å². The Kier molecular flexibility index (Phi) is 7.99. The molecule has 0 saturated heterocycles. The van der Waals surface area contributed by atoms with E-state index in [0.717, 1.165) is 20.5 Å². The van der Waals surface area contributed by atoms with Crippen molar-refractivity contribution in [1.29, 1.82) is 0 Å². The number of halogens is 1. The van der Waals surface area contributed by atoms with Crippen molar-refractivity contribution >= 4 is 49.2 Å². The Morgan fingerprint density at radius 2 is 2.14 bits per heavy atom. The number of aliphatic hydroxyl groups excluding tert-OH is 1. The van der Waals surface area contributed by atoms with Gasteiger partial charge < -0.3 is 10.4 Å². The molecule has 0 bridgehead atoms. The molecule has 35 heavy (non-hydrogen) atoms. The highest BCUT2D eigenvalue weighted by Gasteiger charge is 2.34. The molecule has 0 unspecified atom stereocenters. The summed E-state index contributed by atoms with van der Waals surface area (Å²) < 4.78 is 27.8. The van der Waals surface area contributed by atoms with Crippen LogP contribution in [0.4, 0.5) is 5.82 Å². The van der Waals surface area contributed by atoms with Crippen molar-refractivity contribution in [2.45, 2.75) is 38.3 Å². The first kappa shape index (κ1) is 25.9. The second-order valence-corrected chi connectivity index (χ2v) is 11.9. The standard InChI is InChI=1S/C23H25BrN4O5S2/c1-13-15(5-14-3-2-4-17(24)6-14)8-21(34-13)22(30)19-10-26-12-27-23(19)28-18-7-16(20(29)9-18)11-33-35(25,31)32/h2-4,6,8,10,12,16,18,20,29H,5,7,9,11H2,1H3,(H2,25,31,32)(H,26,27,28)/t16-,18-,20+/m1/s1. The van der Waals surface area contributed by atoms with E-state index in [2.05, 4.69) is 41.5 Å². The first-order valence-corrected chi connectivity index (χ1v) is 14.0. The maximum absolute atomic E-state index is 13.4. The smallest absolute Gasteiger partial charge is 0.333 e. The molecule has 1 aromatic carbocycles. The van der Waals surface area contributed by atoms with E-state index >= 15 is 0 Å². The Morgan fingerprint density at radius 1 is 1.34 bits per heavy atom. The summed E-state index contributed by atoms with van der Waals surface area (Å²) in [6, 6.07) is 9.76. The molecular formula is C23H25BrN4O5S2. The third kappa shape index (κ3) is 6.72. The van der Waals surface area contributed by atoms with E-state index < -0.39 is 22.3 Å². The van der Waals surface area contributed by atoms with E-state index in [0.29, 0.717) is 35.5 Å². The minimum Gasteiger partial charge on any atom is -0.393 e. The molecule has 186 valence electrons.